The Morgan fingerprint density at radius 3 is 2.54 bits per heavy atom. The largest absolute Gasteiger partial charge is 0.469 e. The van der Waals surface area contributed by atoms with Crippen LogP contribution in [-0.4, -0.2) is 28.5 Å². The van der Waals surface area contributed by atoms with E-state index in [-0.39, 0.29) is 17.9 Å². The zero-order valence-electron chi connectivity index (χ0n) is 22.1. The first-order chi connectivity index (χ1) is 18.8. The molecule has 3 aromatic carbocycles. The highest BCUT2D eigenvalue weighted by molar-refractivity contribution is 5.83. The van der Waals surface area contributed by atoms with E-state index in [1.165, 1.54) is 18.0 Å². The van der Waals surface area contributed by atoms with Gasteiger partial charge in [-0.2, -0.15) is 5.26 Å². The molecule has 8 nitrogen and oxygen atoms in total. The van der Waals surface area contributed by atoms with Crippen LogP contribution in [0, 0.1) is 17.2 Å². The van der Waals surface area contributed by atoms with Crippen molar-refractivity contribution in [1.82, 2.24) is 14.9 Å². The molecule has 1 aromatic heterocycles. The molecule has 1 N–H and O–H groups in total. The molecule has 0 spiro atoms. The fraction of sp³-hybridized carbons (Fsp3) is 0.258. The Kier molecular flexibility index (Phi) is 8.52. The summed E-state index contributed by atoms with van der Waals surface area (Å²) in [4.78, 5) is 43.9. The SMILES string of the molecule is COC(=O)CC(NC(=O)[C@H](CC(C)C)n1cnc2ccccc2c1=O)c1cccc(-c2ccccc2C#N)c1. The normalized spacial score (nSPS) is 12.5. The summed E-state index contributed by atoms with van der Waals surface area (Å²) in [7, 11) is 1.29. The lowest BCUT2D eigenvalue weighted by Gasteiger charge is -2.25. The Morgan fingerprint density at radius 1 is 1.05 bits per heavy atom. The topological polar surface area (TPSA) is 114 Å². The van der Waals surface area contributed by atoms with Crippen LogP contribution < -0.4 is 10.9 Å². The van der Waals surface area contributed by atoms with Gasteiger partial charge < -0.3 is 10.1 Å². The average molecular weight is 523 g/mol. The minimum Gasteiger partial charge on any atom is -0.469 e. The van der Waals surface area contributed by atoms with Gasteiger partial charge in [0.05, 0.1) is 48.4 Å². The van der Waals surface area contributed by atoms with Gasteiger partial charge >= 0.3 is 5.97 Å². The Hall–Kier alpha value is -4.77. The molecule has 0 bridgehead atoms. The van der Waals surface area contributed by atoms with E-state index in [4.69, 9.17) is 4.74 Å². The first-order valence-corrected chi connectivity index (χ1v) is 12.7. The van der Waals surface area contributed by atoms with Gasteiger partial charge in [0.15, 0.2) is 0 Å². The number of esters is 1. The molecule has 2 atom stereocenters. The van der Waals surface area contributed by atoms with Crippen LogP contribution in [0.2, 0.25) is 0 Å². The lowest BCUT2D eigenvalue weighted by atomic mass is 9.95. The predicted molar refractivity (Wildman–Crippen MR) is 149 cm³/mol. The Bertz CT molecular complexity index is 1600. The summed E-state index contributed by atoms with van der Waals surface area (Å²) in [5.41, 5.74) is 2.97. The Morgan fingerprint density at radius 2 is 1.79 bits per heavy atom. The van der Waals surface area contributed by atoms with Gasteiger partial charge in [-0.25, -0.2) is 4.98 Å². The molecule has 0 aliphatic heterocycles. The summed E-state index contributed by atoms with van der Waals surface area (Å²) in [6.07, 6.45) is 1.70. The number of carbonyl (C=O) groups excluding carboxylic acids is 2. The molecular weight excluding hydrogens is 492 g/mol. The van der Waals surface area contributed by atoms with Crippen LogP contribution in [-0.2, 0) is 14.3 Å². The summed E-state index contributed by atoms with van der Waals surface area (Å²) in [5, 5.41) is 13.0. The zero-order chi connectivity index (χ0) is 27.9. The summed E-state index contributed by atoms with van der Waals surface area (Å²) in [6, 6.07) is 22.2. The van der Waals surface area contributed by atoms with E-state index in [1.54, 1.807) is 36.4 Å². The third-order valence-electron chi connectivity index (χ3n) is 6.59. The first-order valence-electron chi connectivity index (χ1n) is 12.7. The number of ether oxygens (including phenoxy) is 1. The standard InChI is InChI=1S/C31H30N4O4/c1-20(2)15-28(35-19-33-26-14-7-6-13-25(26)31(35)38)30(37)34-27(17-29(36)39-3)22-11-8-10-21(16-22)24-12-5-4-9-23(24)18-32/h4-14,16,19-20,27-28H,15,17H2,1-3H3,(H,34,37)/t27?,28-/m0/s1. The monoisotopic (exact) mass is 522 g/mol. The number of benzene rings is 3. The number of amides is 1. The highest BCUT2D eigenvalue weighted by Gasteiger charge is 2.28. The highest BCUT2D eigenvalue weighted by atomic mass is 16.5. The van der Waals surface area contributed by atoms with E-state index in [2.05, 4.69) is 16.4 Å². The molecule has 0 aliphatic carbocycles. The molecular formula is C31H30N4O4. The molecule has 0 saturated carbocycles. The number of methoxy groups -OCH3 is 1. The van der Waals surface area contributed by atoms with E-state index < -0.39 is 24.0 Å². The summed E-state index contributed by atoms with van der Waals surface area (Å²) < 4.78 is 6.28. The van der Waals surface area contributed by atoms with Crippen LogP contribution in [0.1, 0.15) is 49.9 Å². The first kappa shape index (κ1) is 27.3. The second-order valence-electron chi connectivity index (χ2n) is 9.74. The maximum Gasteiger partial charge on any atom is 0.307 e. The number of nitrogens with zero attached hydrogens (tertiary/aromatic N) is 3. The van der Waals surface area contributed by atoms with Crippen molar-refractivity contribution in [2.75, 3.05) is 7.11 Å². The van der Waals surface area contributed by atoms with E-state index >= 15 is 0 Å². The van der Waals surface area contributed by atoms with Gasteiger partial charge in [0.2, 0.25) is 5.91 Å². The van der Waals surface area contributed by atoms with Crippen LogP contribution in [0.3, 0.4) is 0 Å². The van der Waals surface area contributed by atoms with E-state index in [9.17, 15) is 19.6 Å². The zero-order valence-corrected chi connectivity index (χ0v) is 22.1. The van der Waals surface area contributed by atoms with Crippen LogP contribution in [0.15, 0.2) is 83.9 Å². The minimum atomic E-state index is -0.836. The average Bonchev–Trinajstić information content (AvgIpc) is 2.96. The van der Waals surface area contributed by atoms with E-state index in [0.717, 1.165) is 11.1 Å². The lowest BCUT2D eigenvalue weighted by molar-refractivity contribution is -0.141. The number of nitriles is 1. The van der Waals surface area contributed by atoms with Gasteiger partial charge in [-0.3, -0.25) is 19.0 Å². The predicted octanol–water partition coefficient (Wildman–Crippen LogP) is 4.94. The van der Waals surface area contributed by atoms with Crippen LogP contribution in [0.4, 0.5) is 0 Å². The number of carbonyl (C=O) groups is 2. The number of aromatic nitrogens is 2. The molecule has 39 heavy (non-hydrogen) atoms. The Labute approximate surface area is 226 Å². The molecule has 4 rings (SSSR count). The van der Waals surface area contributed by atoms with Crippen molar-refractivity contribution in [3.05, 3.63) is 101 Å². The smallest absolute Gasteiger partial charge is 0.307 e. The van der Waals surface area contributed by atoms with E-state index in [1.807, 2.05) is 50.2 Å². The molecule has 0 aliphatic rings. The minimum absolute atomic E-state index is 0.101. The lowest BCUT2D eigenvalue weighted by Crippen LogP contribution is -2.40. The van der Waals surface area contributed by atoms with Gasteiger partial charge in [-0.1, -0.05) is 62.4 Å². The van der Waals surface area contributed by atoms with Gasteiger partial charge in [0.25, 0.3) is 5.56 Å². The third-order valence-corrected chi connectivity index (χ3v) is 6.59. The summed E-state index contributed by atoms with van der Waals surface area (Å²) in [6.45, 7) is 3.95. The molecule has 0 fully saturated rings. The maximum absolute atomic E-state index is 13.8. The number of nitrogens with one attached hydrogen (secondary N) is 1. The number of fused-ring (bicyclic) bond motifs is 1. The molecule has 1 unspecified atom stereocenters. The Balaban J connectivity index is 1.72. The van der Waals surface area contributed by atoms with Crippen LogP contribution in [0.25, 0.3) is 22.0 Å². The highest BCUT2D eigenvalue weighted by Crippen LogP contribution is 2.28. The molecule has 0 radical (unpaired) electrons. The number of rotatable bonds is 9. The van der Waals surface area contributed by atoms with Crippen LogP contribution >= 0.6 is 0 Å². The fourth-order valence-corrected chi connectivity index (χ4v) is 4.62. The molecule has 1 heterocycles. The number of para-hydroxylation sites is 1. The second kappa shape index (κ2) is 12.2. The van der Waals surface area contributed by atoms with Crippen molar-refractivity contribution in [3.8, 4) is 17.2 Å². The fourth-order valence-electron chi connectivity index (χ4n) is 4.62. The van der Waals surface area contributed by atoms with Crippen molar-refractivity contribution < 1.29 is 14.3 Å². The van der Waals surface area contributed by atoms with Crippen molar-refractivity contribution in [2.45, 2.75) is 38.8 Å². The van der Waals surface area contributed by atoms with Crippen molar-refractivity contribution >= 4 is 22.8 Å². The molecule has 1 amide bonds. The van der Waals surface area contributed by atoms with Gasteiger partial charge in [0.1, 0.15) is 6.04 Å². The molecule has 0 saturated heterocycles. The quantitative estimate of drug-likeness (QED) is 0.311. The number of hydrogen-bond acceptors (Lipinski definition) is 6. The second-order valence-corrected chi connectivity index (χ2v) is 9.74. The van der Waals surface area contributed by atoms with Crippen molar-refractivity contribution in [2.24, 2.45) is 5.92 Å². The van der Waals surface area contributed by atoms with Crippen molar-refractivity contribution in [1.29, 1.82) is 5.26 Å². The third kappa shape index (κ3) is 6.21. The van der Waals surface area contributed by atoms with Crippen LogP contribution in [0.5, 0.6) is 0 Å². The van der Waals surface area contributed by atoms with Gasteiger partial charge in [0, 0.05) is 0 Å². The van der Waals surface area contributed by atoms with E-state index in [0.29, 0.717) is 28.5 Å². The maximum atomic E-state index is 13.8. The van der Waals surface area contributed by atoms with Crippen molar-refractivity contribution in [3.63, 3.8) is 0 Å². The molecule has 198 valence electrons. The van der Waals surface area contributed by atoms with Gasteiger partial charge in [-0.15, -0.1) is 0 Å². The molecule has 4 aromatic rings. The summed E-state index contributed by atoms with van der Waals surface area (Å²) >= 11 is 0. The molecule has 8 heteroatoms. The number of hydrogen-bond donors (Lipinski definition) is 1. The summed E-state index contributed by atoms with van der Waals surface area (Å²) in [5.74, 6) is -0.795. The van der Waals surface area contributed by atoms with Gasteiger partial charge in [-0.05, 0) is 53.3 Å².